The van der Waals surface area contributed by atoms with Crippen LogP contribution in [0.3, 0.4) is 0 Å². The first-order valence-corrected chi connectivity index (χ1v) is 5.63. The van der Waals surface area contributed by atoms with Gasteiger partial charge in [0, 0.05) is 0 Å². The molecular weight excluding hydrogens is 252 g/mol. The Morgan fingerprint density at radius 3 is 2.83 bits per heavy atom. The molecule has 0 aliphatic carbocycles. The number of H-pyrrole nitrogens is 1. The molecular formula is C12H11ClN4O. The van der Waals surface area contributed by atoms with E-state index in [0.29, 0.717) is 5.69 Å². The van der Waals surface area contributed by atoms with Crippen LogP contribution in [0.1, 0.15) is 11.1 Å². The van der Waals surface area contributed by atoms with Gasteiger partial charge in [-0.2, -0.15) is 10.2 Å². The summed E-state index contributed by atoms with van der Waals surface area (Å²) in [5, 5.41) is 9.87. The van der Waals surface area contributed by atoms with E-state index >= 15 is 0 Å². The number of nitrogens with zero attached hydrogens (tertiary/aromatic N) is 2. The van der Waals surface area contributed by atoms with Gasteiger partial charge in [0.1, 0.15) is 10.7 Å². The van der Waals surface area contributed by atoms with Gasteiger partial charge in [-0.1, -0.05) is 41.4 Å². The lowest BCUT2D eigenvalue weighted by Crippen LogP contribution is -2.10. The fraction of sp³-hybridized carbons (Fsp3) is 0.0833. The Morgan fingerprint density at radius 2 is 2.11 bits per heavy atom. The third kappa shape index (κ3) is 2.95. The van der Waals surface area contributed by atoms with Gasteiger partial charge in [-0.15, -0.1) is 0 Å². The van der Waals surface area contributed by atoms with Gasteiger partial charge < -0.3 is 0 Å². The Morgan fingerprint density at radius 1 is 1.39 bits per heavy atom. The van der Waals surface area contributed by atoms with Gasteiger partial charge in [-0.05, 0) is 12.5 Å². The largest absolute Gasteiger partial charge is 0.285 e. The van der Waals surface area contributed by atoms with E-state index in [0.717, 1.165) is 5.56 Å². The Kier molecular flexibility index (Phi) is 3.74. The molecule has 0 spiro atoms. The van der Waals surface area contributed by atoms with Crippen LogP contribution in [0, 0.1) is 6.92 Å². The van der Waals surface area contributed by atoms with Gasteiger partial charge in [0.15, 0.2) is 0 Å². The van der Waals surface area contributed by atoms with Crippen molar-refractivity contribution in [1.82, 2.24) is 10.2 Å². The van der Waals surface area contributed by atoms with Crippen LogP contribution in [-0.4, -0.2) is 16.4 Å². The van der Waals surface area contributed by atoms with E-state index in [1.807, 2.05) is 31.2 Å². The summed E-state index contributed by atoms with van der Waals surface area (Å²) < 4.78 is 0. The highest BCUT2D eigenvalue weighted by atomic mass is 35.5. The maximum Gasteiger partial charge on any atom is 0.285 e. The van der Waals surface area contributed by atoms with Gasteiger partial charge >= 0.3 is 0 Å². The molecule has 2 rings (SSSR count). The van der Waals surface area contributed by atoms with Crippen LogP contribution < -0.4 is 11.0 Å². The van der Waals surface area contributed by atoms with Crippen LogP contribution in [0.25, 0.3) is 0 Å². The number of aromatic amines is 1. The minimum absolute atomic E-state index is 0.0334. The molecule has 18 heavy (non-hydrogen) atoms. The molecule has 0 amide bonds. The van der Waals surface area contributed by atoms with Crippen molar-refractivity contribution >= 4 is 23.5 Å². The number of aromatic nitrogens is 2. The van der Waals surface area contributed by atoms with Crippen LogP contribution in [-0.2, 0) is 0 Å². The zero-order valence-corrected chi connectivity index (χ0v) is 10.4. The summed E-state index contributed by atoms with van der Waals surface area (Å²) in [5.41, 5.74) is 4.71. The second-order valence-electron chi connectivity index (χ2n) is 3.71. The quantitative estimate of drug-likeness (QED) is 0.658. The van der Waals surface area contributed by atoms with E-state index in [1.165, 1.54) is 11.8 Å². The Balaban J connectivity index is 2.09. The molecule has 0 radical (unpaired) electrons. The van der Waals surface area contributed by atoms with E-state index < -0.39 is 5.56 Å². The zero-order valence-electron chi connectivity index (χ0n) is 9.64. The fourth-order valence-electron chi connectivity index (χ4n) is 1.29. The summed E-state index contributed by atoms with van der Waals surface area (Å²) in [6.45, 7) is 2.01. The lowest BCUT2D eigenvalue weighted by Gasteiger charge is -2.00. The zero-order chi connectivity index (χ0) is 13.0. The highest BCUT2D eigenvalue weighted by Crippen LogP contribution is 2.13. The molecule has 92 valence electrons. The minimum Gasteiger partial charge on any atom is -0.275 e. The van der Waals surface area contributed by atoms with Gasteiger partial charge in [-0.25, -0.2) is 5.10 Å². The number of aryl methyl sites for hydroxylation is 1. The first-order valence-electron chi connectivity index (χ1n) is 5.26. The summed E-state index contributed by atoms with van der Waals surface area (Å²) in [7, 11) is 0. The van der Waals surface area contributed by atoms with Crippen molar-refractivity contribution in [2.24, 2.45) is 5.10 Å². The molecule has 0 bridgehead atoms. The summed E-state index contributed by atoms with van der Waals surface area (Å²) in [4.78, 5) is 11.2. The average Bonchev–Trinajstić information content (AvgIpc) is 2.37. The molecule has 1 heterocycles. The standard InChI is InChI=1S/C12H11ClN4O/c1-8-2-4-9(5-3-8)6-14-16-10-7-15-17-12(18)11(10)13/h2-7H,1H3,(H2,16,17,18). The van der Waals surface area contributed by atoms with Crippen LogP contribution >= 0.6 is 11.6 Å². The Hall–Kier alpha value is -2.14. The molecule has 0 saturated carbocycles. The van der Waals surface area contributed by atoms with Gasteiger partial charge in [0.2, 0.25) is 0 Å². The number of benzene rings is 1. The monoisotopic (exact) mass is 262 g/mol. The second-order valence-corrected chi connectivity index (χ2v) is 4.09. The molecule has 0 fully saturated rings. The van der Waals surface area contributed by atoms with Crippen molar-refractivity contribution in [2.45, 2.75) is 6.92 Å². The second kappa shape index (κ2) is 5.46. The molecule has 5 nitrogen and oxygen atoms in total. The van der Waals surface area contributed by atoms with E-state index in [1.54, 1.807) is 6.21 Å². The lowest BCUT2D eigenvalue weighted by atomic mass is 10.2. The third-order valence-corrected chi connectivity index (χ3v) is 2.65. The number of halogens is 1. The maximum absolute atomic E-state index is 11.2. The minimum atomic E-state index is -0.452. The first-order chi connectivity index (χ1) is 8.66. The van der Waals surface area contributed by atoms with E-state index in [-0.39, 0.29) is 5.02 Å². The summed E-state index contributed by atoms with van der Waals surface area (Å²) >= 11 is 5.78. The molecule has 0 aliphatic rings. The van der Waals surface area contributed by atoms with Crippen LogP contribution in [0.5, 0.6) is 0 Å². The Bertz CT molecular complexity index is 619. The van der Waals surface area contributed by atoms with E-state index in [4.69, 9.17) is 11.6 Å². The highest BCUT2D eigenvalue weighted by molar-refractivity contribution is 6.32. The van der Waals surface area contributed by atoms with Crippen LogP contribution in [0.4, 0.5) is 5.69 Å². The van der Waals surface area contributed by atoms with E-state index in [2.05, 4.69) is 20.7 Å². The number of hydrazone groups is 1. The van der Waals surface area contributed by atoms with Crippen LogP contribution in [0.2, 0.25) is 5.02 Å². The van der Waals surface area contributed by atoms with Crippen molar-refractivity contribution in [3.63, 3.8) is 0 Å². The molecule has 2 aromatic rings. The maximum atomic E-state index is 11.2. The predicted molar refractivity (Wildman–Crippen MR) is 72.3 cm³/mol. The summed E-state index contributed by atoms with van der Waals surface area (Å²) in [6, 6.07) is 7.86. The molecule has 1 aromatic heterocycles. The molecule has 0 unspecified atom stereocenters. The summed E-state index contributed by atoms with van der Waals surface area (Å²) in [6.07, 6.45) is 3.03. The van der Waals surface area contributed by atoms with Gasteiger partial charge in [-0.3, -0.25) is 10.2 Å². The number of hydrogen-bond donors (Lipinski definition) is 2. The highest BCUT2D eigenvalue weighted by Gasteiger charge is 2.02. The molecule has 6 heteroatoms. The van der Waals surface area contributed by atoms with Crippen LogP contribution in [0.15, 0.2) is 40.4 Å². The van der Waals surface area contributed by atoms with E-state index in [9.17, 15) is 4.79 Å². The number of rotatable bonds is 3. The first kappa shape index (κ1) is 12.3. The SMILES string of the molecule is Cc1ccc(C=NNc2cn[nH]c(=O)c2Cl)cc1. The topological polar surface area (TPSA) is 70.1 Å². The van der Waals surface area contributed by atoms with Gasteiger partial charge in [0.05, 0.1) is 12.4 Å². The molecule has 0 aliphatic heterocycles. The van der Waals surface area contributed by atoms with Crippen molar-refractivity contribution in [2.75, 3.05) is 5.43 Å². The number of nitrogens with one attached hydrogen (secondary N) is 2. The van der Waals surface area contributed by atoms with Crippen molar-refractivity contribution in [3.05, 3.63) is 57.0 Å². The average molecular weight is 263 g/mol. The molecule has 0 saturated heterocycles. The Labute approximate surface area is 109 Å². The number of anilines is 1. The van der Waals surface area contributed by atoms with Crippen molar-refractivity contribution in [1.29, 1.82) is 0 Å². The smallest absolute Gasteiger partial charge is 0.275 e. The van der Waals surface area contributed by atoms with Crippen molar-refractivity contribution in [3.8, 4) is 0 Å². The third-order valence-electron chi connectivity index (χ3n) is 2.27. The van der Waals surface area contributed by atoms with Crippen molar-refractivity contribution < 1.29 is 0 Å². The summed E-state index contributed by atoms with van der Waals surface area (Å²) in [5.74, 6) is 0. The molecule has 0 atom stereocenters. The molecule has 2 N–H and O–H groups in total. The predicted octanol–water partition coefficient (Wildman–Crippen LogP) is 2.18. The van der Waals surface area contributed by atoms with Gasteiger partial charge in [0.25, 0.3) is 5.56 Å². The molecule has 1 aromatic carbocycles. The normalized spacial score (nSPS) is 10.8. The number of hydrogen-bond acceptors (Lipinski definition) is 4. The fourth-order valence-corrected chi connectivity index (χ4v) is 1.42. The lowest BCUT2D eigenvalue weighted by molar-refractivity contribution is 0.987.